The highest BCUT2D eigenvalue weighted by molar-refractivity contribution is 5.37. The highest BCUT2D eigenvalue weighted by atomic mass is 16.5. The molecule has 0 amide bonds. The lowest BCUT2D eigenvalue weighted by Gasteiger charge is -2.29. The molecule has 4 heteroatoms. The molecular formula is C17H31N3O. The largest absolute Gasteiger partial charge is 0.370 e. The topological polar surface area (TPSA) is 47.0 Å². The highest BCUT2D eigenvalue weighted by Gasteiger charge is 2.32. The Kier molecular flexibility index (Phi) is 7.09. The molecule has 0 fully saturated rings. The van der Waals surface area contributed by atoms with E-state index in [1.807, 2.05) is 0 Å². The lowest BCUT2D eigenvalue weighted by molar-refractivity contribution is -0.0292. The first-order valence-electron chi connectivity index (χ1n) is 8.18. The molecule has 1 aromatic heterocycles. The first-order valence-corrected chi connectivity index (χ1v) is 8.18. The van der Waals surface area contributed by atoms with Gasteiger partial charge in [0.2, 0.25) is 0 Å². The van der Waals surface area contributed by atoms with Crippen LogP contribution in [0.5, 0.6) is 0 Å². The molecule has 1 N–H and O–H groups in total. The number of methoxy groups -OCH3 is 1. The molecule has 0 bridgehead atoms. The summed E-state index contributed by atoms with van der Waals surface area (Å²) < 4.78 is 5.79. The van der Waals surface area contributed by atoms with E-state index in [-0.39, 0.29) is 5.60 Å². The maximum atomic E-state index is 5.79. The fourth-order valence-electron chi connectivity index (χ4n) is 2.51. The van der Waals surface area contributed by atoms with E-state index in [1.165, 1.54) is 0 Å². The summed E-state index contributed by atoms with van der Waals surface area (Å²) in [4.78, 5) is 9.51. The van der Waals surface area contributed by atoms with Crippen LogP contribution in [0.15, 0.2) is 6.07 Å². The van der Waals surface area contributed by atoms with E-state index in [4.69, 9.17) is 14.7 Å². The first kappa shape index (κ1) is 17.9. The Morgan fingerprint density at radius 3 is 2.33 bits per heavy atom. The van der Waals surface area contributed by atoms with Crippen LogP contribution in [0.25, 0.3) is 0 Å². The number of nitrogens with zero attached hydrogens (tertiary/aromatic N) is 2. The van der Waals surface area contributed by atoms with Crippen LogP contribution in [0.1, 0.15) is 65.4 Å². The van der Waals surface area contributed by atoms with Crippen molar-refractivity contribution < 1.29 is 4.74 Å². The third-order valence-electron chi connectivity index (χ3n) is 3.89. The van der Waals surface area contributed by atoms with E-state index in [1.54, 1.807) is 7.11 Å². The number of ether oxygens (including phenoxy) is 1. The minimum atomic E-state index is -0.379. The molecular weight excluding hydrogens is 262 g/mol. The number of hydrogen-bond acceptors (Lipinski definition) is 4. The van der Waals surface area contributed by atoms with Gasteiger partial charge in [0.1, 0.15) is 11.4 Å². The van der Waals surface area contributed by atoms with Gasteiger partial charge in [-0.1, -0.05) is 34.6 Å². The third-order valence-corrected chi connectivity index (χ3v) is 3.89. The second-order valence-electron chi connectivity index (χ2n) is 6.00. The van der Waals surface area contributed by atoms with Gasteiger partial charge in [-0.05, 0) is 31.6 Å². The van der Waals surface area contributed by atoms with Crippen molar-refractivity contribution in [2.45, 2.75) is 65.9 Å². The number of aromatic nitrogens is 2. The van der Waals surface area contributed by atoms with E-state index >= 15 is 0 Å². The molecule has 0 spiro atoms. The summed E-state index contributed by atoms with van der Waals surface area (Å²) >= 11 is 0. The zero-order valence-corrected chi connectivity index (χ0v) is 14.5. The van der Waals surface area contributed by atoms with Gasteiger partial charge >= 0.3 is 0 Å². The summed E-state index contributed by atoms with van der Waals surface area (Å²) in [6, 6.07) is 2.07. The smallest absolute Gasteiger partial charge is 0.162 e. The number of rotatable bonds is 9. The molecule has 0 radical (unpaired) electrons. The van der Waals surface area contributed by atoms with Crippen LogP contribution >= 0.6 is 0 Å². The summed E-state index contributed by atoms with van der Waals surface area (Å²) in [5, 5.41) is 3.39. The van der Waals surface area contributed by atoms with Gasteiger partial charge in [-0.25, -0.2) is 9.97 Å². The van der Waals surface area contributed by atoms with Crippen molar-refractivity contribution in [2.24, 2.45) is 5.92 Å². The van der Waals surface area contributed by atoms with Crippen LogP contribution < -0.4 is 5.32 Å². The Morgan fingerprint density at radius 2 is 1.86 bits per heavy atom. The molecule has 120 valence electrons. The minimum Gasteiger partial charge on any atom is -0.370 e. The van der Waals surface area contributed by atoms with Gasteiger partial charge in [0.15, 0.2) is 5.82 Å². The number of hydrogen-bond donors (Lipinski definition) is 1. The maximum Gasteiger partial charge on any atom is 0.162 e. The molecule has 0 atom stereocenters. The van der Waals surface area contributed by atoms with Crippen molar-refractivity contribution in [1.29, 1.82) is 0 Å². The number of nitrogens with one attached hydrogen (secondary N) is 1. The van der Waals surface area contributed by atoms with Gasteiger partial charge in [0.25, 0.3) is 0 Å². The lowest BCUT2D eigenvalue weighted by atomic mass is 9.95. The van der Waals surface area contributed by atoms with Crippen molar-refractivity contribution in [3.63, 3.8) is 0 Å². The van der Waals surface area contributed by atoms with Crippen LogP contribution in [-0.2, 0) is 16.8 Å². The van der Waals surface area contributed by atoms with Gasteiger partial charge in [0, 0.05) is 25.4 Å². The molecule has 1 heterocycles. The molecule has 1 rings (SSSR count). The van der Waals surface area contributed by atoms with Crippen molar-refractivity contribution >= 4 is 5.82 Å². The Bertz CT molecular complexity index is 420. The molecule has 21 heavy (non-hydrogen) atoms. The molecule has 1 aromatic rings. The fourth-order valence-corrected chi connectivity index (χ4v) is 2.51. The molecule has 0 aliphatic heterocycles. The van der Waals surface area contributed by atoms with E-state index in [2.05, 4.69) is 46.0 Å². The summed E-state index contributed by atoms with van der Waals surface area (Å²) in [5.41, 5.74) is 0.715. The summed E-state index contributed by atoms with van der Waals surface area (Å²) in [6.45, 7) is 11.8. The highest BCUT2D eigenvalue weighted by Crippen LogP contribution is 2.31. The van der Waals surface area contributed by atoms with Crippen LogP contribution in [0.4, 0.5) is 5.82 Å². The maximum absolute atomic E-state index is 5.79. The second kappa shape index (κ2) is 8.32. The van der Waals surface area contributed by atoms with Crippen molar-refractivity contribution in [3.8, 4) is 0 Å². The van der Waals surface area contributed by atoms with E-state index in [9.17, 15) is 0 Å². The Hall–Kier alpha value is -1.16. The van der Waals surface area contributed by atoms with Gasteiger partial charge in [-0.2, -0.15) is 0 Å². The van der Waals surface area contributed by atoms with Crippen molar-refractivity contribution in [3.05, 3.63) is 17.6 Å². The van der Waals surface area contributed by atoms with E-state index in [0.29, 0.717) is 5.92 Å². The standard InChI is InChI=1S/C17H31N3O/c1-7-10-18-15-12-14(11-13(4)5)19-16(20-15)17(8-2,9-3)21-6/h12-13H,7-11H2,1-6H3,(H,18,19,20). The Morgan fingerprint density at radius 1 is 1.19 bits per heavy atom. The predicted molar refractivity (Wildman–Crippen MR) is 88.6 cm³/mol. The third kappa shape index (κ3) is 4.67. The molecule has 0 aromatic carbocycles. The Labute approximate surface area is 129 Å². The van der Waals surface area contributed by atoms with Crippen LogP contribution in [-0.4, -0.2) is 23.6 Å². The van der Waals surface area contributed by atoms with Crippen LogP contribution in [0, 0.1) is 5.92 Å². The monoisotopic (exact) mass is 293 g/mol. The van der Waals surface area contributed by atoms with Gasteiger partial charge < -0.3 is 10.1 Å². The quantitative estimate of drug-likeness (QED) is 0.742. The summed E-state index contributed by atoms with van der Waals surface area (Å²) in [7, 11) is 1.75. The normalized spacial score (nSPS) is 12.0. The molecule has 0 aliphatic carbocycles. The lowest BCUT2D eigenvalue weighted by Crippen LogP contribution is -2.30. The summed E-state index contributed by atoms with van der Waals surface area (Å²) in [5.74, 6) is 2.31. The first-order chi connectivity index (χ1) is 10.0. The zero-order chi connectivity index (χ0) is 15.9. The summed E-state index contributed by atoms with van der Waals surface area (Å²) in [6.07, 6.45) is 3.79. The molecule has 0 saturated heterocycles. The van der Waals surface area contributed by atoms with Crippen molar-refractivity contribution in [2.75, 3.05) is 19.0 Å². The second-order valence-corrected chi connectivity index (χ2v) is 6.00. The molecule has 0 unspecified atom stereocenters. The fraction of sp³-hybridized carbons (Fsp3) is 0.765. The zero-order valence-electron chi connectivity index (χ0n) is 14.5. The van der Waals surface area contributed by atoms with Crippen LogP contribution in [0.2, 0.25) is 0 Å². The average Bonchev–Trinajstić information content (AvgIpc) is 2.47. The van der Waals surface area contributed by atoms with Crippen molar-refractivity contribution in [1.82, 2.24) is 9.97 Å². The van der Waals surface area contributed by atoms with E-state index < -0.39 is 0 Å². The SMILES string of the molecule is CCCNc1cc(CC(C)C)nc(C(CC)(CC)OC)n1. The molecule has 0 saturated carbocycles. The minimum absolute atomic E-state index is 0.379. The van der Waals surface area contributed by atoms with E-state index in [0.717, 1.165) is 49.6 Å². The van der Waals surface area contributed by atoms with Gasteiger partial charge in [-0.3, -0.25) is 0 Å². The van der Waals surface area contributed by atoms with Gasteiger partial charge in [0.05, 0.1) is 0 Å². The molecule has 0 aliphatic rings. The number of anilines is 1. The average molecular weight is 293 g/mol. The van der Waals surface area contributed by atoms with Gasteiger partial charge in [-0.15, -0.1) is 0 Å². The Balaban J connectivity index is 3.22. The van der Waals surface area contributed by atoms with Crippen LogP contribution in [0.3, 0.4) is 0 Å². The molecule has 4 nitrogen and oxygen atoms in total. The predicted octanol–water partition coefficient (Wildman–Crippen LogP) is 4.16.